The molecule has 0 heterocycles. The number of hydrogen-bond donors (Lipinski definition) is 2. The van der Waals surface area contributed by atoms with Gasteiger partial charge in [-0.1, -0.05) is 0 Å². The zero-order valence-electron chi connectivity index (χ0n) is 9.15. The average Bonchev–Trinajstić information content (AvgIpc) is 1.97. The minimum Gasteiger partial charge on any atom is -0.508 e. The van der Waals surface area contributed by atoms with Gasteiger partial charge in [0.1, 0.15) is 11.6 Å². The van der Waals surface area contributed by atoms with Gasteiger partial charge < -0.3 is 10.2 Å². The normalized spacial score (nSPS) is 14.8. The molecule has 0 spiro atoms. The fourth-order valence-corrected chi connectivity index (χ4v) is 1.82. The summed E-state index contributed by atoms with van der Waals surface area (Å²) in [6.07, 6.45) is 0.719. The van der Waals surface area contributed by atoms with Gasteiger partial charge in [0, 0.05) is 17.9 Å². The van der Waals surface area contributed by atoms with Crippen molar-refractivity contribution in [2.75, 3.05) is 6.26 Å². The molecule has 1 aromatic rings. The van der Waals surface area contributed by atoms with Crippen molar-refractivity contribution in [3.63, 3.8) is 0 Å². The Morgan fingerprint density at radius 1 is 1.57 bits per heavy atom. The van der Waals surface area contributed by atoms with E-state index in [2.05, 4.69) is 0 Å². The summed E-state index contributed by atoms with van der Waals surface area (Å²) in [4.78, 5) is -0.780. The predicted molar refractivity (Wildman–Crippen MR) is 47.1 cm³/mol. The number of aliphatic hydroxyl groups is 1. The standard InChI is InChI=1S/C8H9FO4S/c1-14(12,13)8-3-5(11)2-7(9)6(8)4-10/h2-3,10-11H,4H2,1H3/i4D2. The topological polar surface area (TPSA) is 74.6 Å². The minimum atomic E-state index is -3.96. The first kappa shape index (κ1) is 8.19. The van der Waals surface area contributed by atoms with Crippen molar-refractivity contribution in [2.24, 2.45) is 0 Å². The number of phenols is 1. The van der Waals surface area contributed by atoms with Gasteiger partial charge in [-0.05, 0) is 6.07 Å². The molecular weight excluding hydrogens is 211 g/mol. The molecule has 0 saturated heterocycles. The van der Waals surface area contributed by atoms with Crippen LogP contribution in [0.2, 0.25) is 0 Å². The molecule has 14 heavy (non-hydrogen) atoms. The molecule has 0 aliphatic heterocycles. The second kappa shape index (κ2) is 3.55. The summed E-state index contributed by atoms with van der Waals surface area (Å²) >= 11 is 0. The summed E-state index contributed by atoms with van der Waals surface area (Å²) in [6, 6.07) is 1.21. The Morgan fingerprint density at radius 2 is 2.14 bits per heavy atom. The first-order valence-corrected chi connectivity index (χ1v) is 5.38. The fraction of sp³-hybridized carbons (Fsp3) is 0.250. The molecule has 4 nitrogen and oxygen atoms in total. The van der Waals surface area contributed by atoms with E-state index in [1.807, 2.05) is 0 Å². The lowest BCUT2D eigenvalue weighted by Gasteiger charge is -2.06. The third-order valence-electron chi connectivity index (χ3n) is 1.55. The fourth-order valence-electron chi connectivity index (χ4n) is 0.969. The molecule has 0 aliphatic carbocycles. The van der Waals surface area contributed by atoms with E-state index in [0.717, 1.165) is 6.26 Å². The molecule has 0 aromatic heterocycles. The highest BCUT2D eigenvalue weighted by Crippen LogP contribution is 2.24. The maximum atomic E-state index is 13.3. The Morgan fingerprint density at radius 3 is 2.57 bits per heavy atom. The number of sulfone groups is 1. The second-order valence-electron chi connectivity index (χ2n) is 2.68. The third-order valence-corrected chi connectivity index (χ3v) is 2.67. The van der Waals surface area contributed by atoms with Crippen molar-refractivity contribution < 1.29 is 25.8 Å². The van der Waals surface area contributed by atoms with Crippen LogP contribution in [0.15, 0.2) is 17.0 Å². The number of benzene rings is 1. The number of hydrogen-bond acceptors (Lipinski definition) is 4. The van der Waals surface area contributed by atoms with Crippen molar-refractivity contribution in [2.45, 2.75) is 11.5 Å². The van der Waals surface area contributed by atoms with Crippen LogP contribution in [0, 0.1) is 5.82 Å². The molecule has 6 heteroatoms. The molecule has 2 N–H and O–H groups in total. The zero-order chi connectivity index (χ0) is 12.7. The van der Waals surface area contributed by atoms with Crippen LogP contribution < -0.4 is 0 Å². The summed E-state index contributed by atoms with van der Waals surface area (Å²) in [5.74, 6) is -1.99. The van der Waals surface area contributed by atoms with Gasteiger partial charge in [-0.2, -0.15) is 0 Å². The van der Waals surface area contributed by atoms with Crippen molar-refractivity contribution in [3.05, 3.63) is 23.5 Å². The average molecular weight is 222 g/mol. The first-order chi connectivity index (χ1) is 7.03. The van der Waals surface area contributed by atoms with Crippen LogP contribution in [0.5, 0.6) is 5.75 Å². The summed E-state index contributed by atoms with van der Waals surface area (Å²) < 4.78 is 49.7. The first-order valence-electron chi connectivity index (χ1n) is 4.49. The van der Waals surface area contributed by atoms with Crippen molar-refractivity contribution >= 4 is 9.84 Å². The monoisotopic (exact) mass is 222 g/mol. The Bertz CT molecular complexity index is 522. The van der Waals surface area contributed by atoms with Gasteiger partial charge in [-0.3, -0.25) is 0 Å². The van der Waals surface area contributed by atoms with E-state index in [9.17, 15) is 12.8 Å². The molecule has 0 aliphatic rings. The van der Waals surface area contributed by atoms with E-state index in [-0.39, 0.29) is 0 Å². The molecule has 0 fully saturated rings. The van der Waals surface area contributed by atoms with E-state index < -0.39 is 38.4 Å². The summed E-state index contributed by atoms with van der Waals surface area (Å²) in [7, 11) is -3.96. The highest BCUT2D eigenvalue weighted by Gasteiger charge is 2.17. The molecular formula is C8H9FO4S. The van der Waals surface area contributed by atoms with Gasteiger partial charge in [0.2, 0.25) is 0 Å². The molecule has 78 valence electrons. The Balaban J connectivity index is 3.72. The highest BCUT2D eigenvalue weighted by atomic mass is 32.2. The maximum Gasteiger partial charge on any atom is 0.176 e. The molecule has 0 unspecified atom stereocenters. The SMILES string of the molecule is [2H]C([2H])(O)c1c(F)cc(O)cc1S(C)(=O)=O. The second-order valence-corrected chi connectivity index (χ2v) is 4.67. The Kier molecular flexibility index (Phi) is 2.08. The van der Waals surface area contributed by atoms with Crippen LogP contribution in [0.3, 0.4) is 0 Å². The van der Waals surface area contributed by atoms with Crippen molar-refractivity contribution in [1.82, 2.24) is 0 Å². The van der Waals surface area contributed by atoms with Crippen LogP contribution in [0.1, 0.15) is 8.30 Å². The molecule has 0 radical (unpaired) electrons. The van der Waals surface area contributed by atoms with Crippen LogP contribution in [-0.4, -0.2) is 24.9 Å². The third kappa shape index (κ3) is 2.02. The lowest BCUT2D eigenvalue weighted by molar-refractivity contribution is 0.271. The van der Waals surface area contributed by atoms with E-state index >= 15 is 0 Å². The number of aromatic hydroxyl groups is 1. The van der Waals surface area contributed by atoms with Gasteiger partial charge in [-0.15, -0.1) is 0 Å². The predicted octanol–water partition coefficient (Wildman–Crippen LogP) is 0.427. The van der Waals surface area contributed by atoms with Gasteiger partial charge in [0.05, 0.1) is 14.2 Å². The summed E-state index contributed by atoms with van der Waals surface area (Å²) in [5, 5.41) is 18.1. The van der Waals surface area contributed by atoms with Gasteiger partial charge >= 0.3 is 0 Å². The number of rotatable bonds is 2. The molecule has 0 saturated carbocycles. The molecule has 0 atom stereocenters. The zero-order valence-corrected chi connectivity index (χ0v) is 7.97. The summed E-state index contributed by atoms with van der Waals surface area (Å²) in [5.41, 5.74) is -1.01. The lowest BCUT2D eigenvalue weighted by Crippen LogP contribution is -2.04. The van der Waals surface area contributed by atoms with Crippen LogP contribution in [0.4, 0.5) is 4.39 Å². The van der Waals surface area contributed by atoms with Crippen LogP contribution in [-0.2, 0) is 16.4 Å². The van der Waals surface area contributed by atoms with Crippen molar-refractivity contribution in [1.29, 1.82) is 0 Å². The number of phenolic OH excluding ortho intramolecular Hbond substituents is 1. The molecule has 1 rings (SSSR count). The van der Waals surface area contributed by atoms with Crippen molar-refractivity contribution in [3.8, 4) is 5.75 Å². The number of halogens is 1. The van der Waals surface area contributed by atoms with E-state index in [1.165, 1.54) is 0 Å². The largest absolute Gasteiger partial charge is 0.508 e. The minimum absolute atomic E-state index is 0.526. The van der Waals surface area contributed by atoms with Gasteiger partial charge in [-0.25, -0.2) is 12.8 Å². The maximum absolute atomic E-state index is 13.3. The highest BCUT2D eigenvalue weighted by molar-refractivity contribution is 7.90. The van der Waals surface area contributed by atoms with E-state index in [4.69, 9.17) is 13.0 Å². The smallest absolute Gasteiger partial charge is 0.176 e. The van der Waals surface area contributed by atoms with Gasteiger partial charge in [0.25, 0.3) is 0 Å². The quantitative estimate of drug-likeness (QED) is 0.760. The van der Waals surface area contributed by atoms with Gasteiger partial charge in [0.15, 0.2) is 9.84 Å². The van der Waals surface area contributed by atoms with E-state index in [1.54, 1.807) is 0 Å². The Hall–Kier alpha value is -1.14. The van der Waals surface area contributed by atoms with E-state index in [0.29, 0.717) is 12.1 Å². The summed E-state index contributed by atoms with van der Waals surface area (Å²) in [6.45, 7) is -3.14. The Labute approximate surface area is 83.4 Å². The lowest BCUT2D eigenvalue weighted by atomic mass is 10.2. The van der Waals surface area contributed by atoms with Crippen LogP contribution in [0.25, 0.3) is 0 Å². The molecule has 1 aromatic carbocycles. The molecule has 0 amide bonds. The molecule has 0 bridgehead atoms. The van der Waals surface area contributed by atoms with Crippen LogP contribution >= 0.6 is 0 Å².